The van der Waals surface area contributed by atoms with Gasteiger partial charge in [-0.15, -0.1) is 0 Å². The lowest BCUT2D eigenvalue weighted by Gasteiger charge is -2.05. The van der Waals surface area contributed by atoms with Crippen LogP contribution in [0.5, 0.6) is 0 Å². The standard InChI is InChI=1S/C18H14BrFN4O2/c1-10-6-8-11(9-7-10)21-18(26)15-14(19)16(24-23-15)22-17(25)12-4-2-3-5-13(12)20/h2-9H,1H3,(H,21,26)(H2,22,23,24,25). The summed E-state index contributed by atoms with van der Waals surface area (Å²) in [6.07, 6.45) is 0. The Morgan fingerprint density at radius 2 is 1.73 bits per heavy atom. The largest absolute Gasteiger partial charge is 0.321 e. The first kappa shape index (κ1) is 17.8. The summed E-state index contributed by atoms with van der Waals surface area (Å²) in [7, 11) is 0. The van der Waals surface area contributed by atoms with Gasteiger partial charge in [0.25, 0.3) is 11.8 Å². The van der Waals surface area contributed by atoms with E-state index in [0.29, 0.717) is 5.69 Å². The molecule has 0 bridgehead atoms. The number of anilines is 2. The smallest absolute Gasteiger partial charge is 0.274 e. The van der Waals surface area contributed by atoms with Crippen LogP contribution in [0.2, 0.25) is 0 Å². The second-order valence-corrected chi connectivity index (χ2v) is 6.31. The molecule has 2 amide bonds. The van der Waals surface area contributed by atoms with E-state index in [9.17, 15) is 14.0 Å². The quantitative estimate of drug-likeness (QED) is 0.597. The van der Waals surface area contributed by atoms with Crippen LogP contribution in [0.15, 0.2) is 53.0 Å². The van der Waals surface area contributed by atoms with Gasteiger partial charge in [-0.1, -0.05) is 29.8 Å². The van der Waals surface area contributed by atoms with Gasteiger partial charge in [-0.05, 0) is 47.1 Å². The molecule has 1 aromatic heterocycles. The van der Waals surface area contributed by atoms with Crippen LogP contribution in [0, 0.1) is 12.7 Å². The maximum absolute atomic E-state index is 13.7. The van der Waals surface area contributed by atoms with Crippen molar-refractivity contribution in [2.45, 2.75) is 6.92 Å². The Bertz CT molecular complexity index is 970. The number of amides is 2. The molecule has 1 heterocycles. The van der Waals surface area contributed by atoms with Crippen LogP contribution in [0.1, 0.15) is 26.4 Å². The Hall–Kier alpha value is -3.00. The molecule has 0 saturated heterocycles. The zero-order valence-corrected chi connectivity index (χ0v) is 15.2. The average Bonchev–Trinajstić information content (AvgIpc) is 2.98. The van der Waals surface area contributed by atoms with Crippen molar-refractivity contribution in [1.29, 1.82) is 0 Å². The first-order valence-electron chi connectivity index (χ1n) is 7.63. The number of benzene rings is 2. The molecule has 26 heavy (non-hydrogen) atoms. The van der Waals surface area contributed by atoms with Crippen molar-refractivity contribution in [3.63, 3.8) is 0 Å². The minimum atomic E-state index is -0.666. The summed E-state index contributed by atoms with van der Waals surface area (Å²) in [5, 5.41) is 11.6. The SMILES string of the molecule is Cc1ccc(NC(=O)c2[nH]nc(NC(=O)c3ccccc3F)c2Br)cc1. The second kappa shape index (κ2) is 7.49. The number of aromatic amines is 1. The number of hydrogen-bond acceptors (Lipinski definition) is 3. The zero-order chi connectivity index (χ0) is 18.7. The highest BCUT2D eigenvalue weighted by atomic mass is 79.9. The fourth-order valence-electron chi connectivity index (χ4n) is 2.21. The van der Waals surface area contributed by atoms with Gasteiger partial charge in [0.1, 0.15) is 11.5 Å². The van der Waals surface area contributed by atoms with Crippen LogP contribution in [0.4, 0.5) is 15.9 Å². The third kappa shape index (κ3) is 3.80. The van der Waals surface area contributed by atoms with E-state index < -0.39 is 17.6 Å². The van der Waals surface area contributed by atoms with Crippen LogP contribution >= 0.6 is 15.9 Å². The summed E-state index contributed by atoms with van der Waals surface area (Å²) < 4.78 is 14.0. The second-order valence-electron chi connectivity index (χ2n) is 5.52. The summed E-state index contributed by atoms with van der Waals surface area (Å²) in [5.74, 6) is -1.65. The van der Waals surface area contributed by atoms with Gasteiger partial charge < -0.3 is 10.6 Å². The number of nitrogens with one attached hydrogen (secondary N) is 3. The summed E-state index contributed by atoms with van der Waals surface area (Å²) in [6.45, 7) is 1.95. The molecule has 0 fully saturated rings. The van der Waals surface area contributed by atoms with Gasteiger partial charge >= 0.3 is 0 Å². The molecule has 0 aliphatic rings. The fraction of sp³-hybridized carbons (Fsp3) is 0.0556. The number of nitrogens with zero attached hydrogens (tertiary/aromatic N) is 1. The molecule has 0 atom stereocenters. The molecule has 3 rings (SSSR count). The molecule has 8 heteroatoms. The van der Waals surface area contributed by atoms with Crippen molar-refractivity contribution in [2.24, 2.45) is 0 Å². The van der Waals surface area contributed by atoms with E-state index in [-0.39, 0.29) is 21.5 Å². The molecular weight excluding hydrogens is 403 g/mol. The molecule has 132 valence electrons. The van der Waals surface area contributed by atoms with E-state index in [1.54, 1.807) is 18.2 Å². The number of H-pyrrole nitrogens is 1. The van der Waals surface area contributed by atoms with E-state index in [4.69, 9.17) is 0 Å². The molecule has 0 aliphatic heterocycles. The highest BCUT2D eigenvalue weighted by Crippen LogP contribution is 2.25. The Balaban J connectivity index is 1.75. The third-order valence-electron chi connectivity index (χ3n) is 3.59. The number of carbonyl (C=O) groups is 2. The highest BCUT2D eigenvalue weighted by molar-refractivity contribution is 9.10. The molecule has 0 saturated carbocycles. The monoisotopic (exact) mass is 416 g/mol. The molecular formula is C18H14BrFN4O2. The van der Waals surface area contributed by atoms with Crippen molar-refractivity contribution < 1.29 is 14.0 Å². The van der Waals surface area contributed by atoms with Gasteiger partial charge in [0, 0.05) is 5.69 Å². The number of hydrogen-bond donors (Lipinski definition) is 3. The molecule has 6 nitrogen and oxygen atoms in total. The van der Waals surface area contributed by atoms with Crippen molar-refractivity contribution in [2.75, 3.05) is 10.6 Å². The Labute approximate surface area is 156 Å². The summed E-state index contributed by atoms with van der Waals surface area (Å²) in [6, 6.07) is 12.9. The van der Waals surface area contributed by atoms with Crippen molar-refractivity contribution in [1.82, 2.24) is 10.2 Å². The van der Waals surface area contributed by atoms with Gasteiger partial charge in [0.15, 0.2) is 5.82 Å². The van der Waals surface area contributed by atoms with Gasteiger partial charge in [0.2, 0.25) is 0 Å². The molecule has 0 radical (unpaired) electrons. The predicted octanol–water partition coefficient (Wildman–Crippen LogP) is 4.12. The average molecular weight is 417 g/mol. The van der Waals surface area contributed by atoms with E-state index in [1.165, 1.54) is 18.2 Å². The third-order valence-corrected chi connectivity index (χ3v) is 4.37. The minimum Gasteiger partial charge on any atom is -0.321 e. The predicted molar refractivity (Wildman–Crippen MR) is 99.8 cm³/mol. The topological polar surface area (TPSA) is 86.9 Å². The van der Waals surface area contributed by atoms with E-state index >= 15 is 0 Å². The van der Waals surface area contributed by atoms with Crippen LogP contribution in [-0.4, -0.2) is 22.0 Å². The van der Waals surface area contributed by atoms with Gasteiger partial charge in [-0.25, -0.2) is 4.39 Å². The zero-order valence-electron chi connectivity index (χ0n) is 13.6. The lowest BCUT2D eigenvalue weighted by Crippen LogP contribution is -2.15. The summed E-state index contributed by atoms with van der Waals surface area (Å²) in [5.41, 5.74) is 1.71. The van der Waals surface area contributed by atoms with Crippen LogP contribution in [-0.2, 0) is 0 Å². The van der Waals surface area contributed by atoms with Gasteiger partial charge in [-0.3, -0.25) is 14.7 Å². The van der Waals surface area contributed by atoms with Crippen LogP contribution in [0.3, 0.4) is 0 Å². The Morgan fingerprint density at radius 1 is 1.04 bits per heavy atom. The minimum absolute atomic E-state index is 0.0901. The summed E-state index contributed by atoms with van der Waals surface area (Å²) in [4.78, 5) is 24.5. The van der Waals surface area contributed by atoms with E-state index in [1.807, 2.05) is 19.1 Å². The summed E-state index contributed by atoms with van der Waals surface area (Å²) >= 11 is 3.23. The van der Waals surface area contributed by atoms with Crippen molar-refractivity contribution in [3.05, 3.63) is 75.6 Å². The molecule has 2 aromatic carbocycles. The Kier molecular flexibility index (Phi) is 5.13. The highest BCUT2D eigenvalue weighted by Gasteiger charge is 2.20. The van der Waals surface area contributed by atoms with Crippen molar-refractivity contribution >= 4 is 39.2 Å². The lowest BCUT2D eigenvalue weighted by atomic mass is 10.2. The Morgan fingerprint density at radius 3 is 2.42 bits per heavy atom. The first-order chi connectivity index (χ1) is 12.5. The maximum atomic E-state index is 13.7. The van der Waals surface area contributed by atoms with Gasteiger partial charge in [0.05, 0.1) is 10.0 Å². The lowest BCUT2D eigenvalue weighted by molar-refractivity contribution is 0.101. The van der Waals surface area contributed by atoms with Crippen LogP contribution < -0.4 is 10.6 Å². The maximum Gasteiger partial charge on any atom is 0.274 e. The molecule has 0 aliphatic carbocycles. The van der Waals surface area contributed by atoms with Crippen LogP contribution in [0.25, 0.3) is 0 Å². The fourth-order valence-corrected chi connectivity index (χ4v) is 2.67. The molecule has 3 N–H and O–H groups in total. The molecule has 0 spiro atoms. The number of carbonyl (C=O) groups excluding carboxylic acids is 2. The number of aromatic nitrogens is 2. The van der Waals surface area contributed by atoms with Crippen molar-refractivity contribution in [3.8, 4) is 0 Å². The number of rotatable bonds is 4. The van der Waals surface area contributed by atoms with E-state index in [0.717, 1.165) is 5.56 Å². The molecule has 0 unspecified atom stereocenters. The van der Waals surface area contributed by atoms with E-state index in [2.05, 4.69) is 36.8 Å². The number of halogens is 2. The first-order valence-corrected chi connectivity index (χ1v) is 8.43. The molecule has 3 aromatic rings. The van der Waals surface area contributed by atoms with Gasteiger partial charge in [-0.2, -0.15) is 5.10 Å². The normalized spacial score (nSPS) is 10.4. The number of aryl methyl sites for hydroxylation is 1.